The second-order valence-corrected chi connectivity index (χ2v) is 7.05. The average Bonchev–Trinajstić information content (AvgIpc) is 2.46. The third kappa shape index (κ3) is 3.90. The van der Waals surface area contributed by atoms with E-state index in [2.05, 4.69) is 34.2 Å². The Morgan fingerprint density at radius 3 is 2.95 bits per heavy atom. The van der Waals surface area contributed by atoms with E-state index in [4.69, 9.17) is 16.3 Å². The van der Waals surface area contributed by atoms with Gasteiger partial charge in [0.25, 0.3) is 0 Å². The van der Waals surface area contributed by atoms with Crippen molar-refractivity contribution in [3.8, 4) is 5.75 Å². The third-order valence-electron chi connectivity index (χ3n) is 4.25. The quantitative estimate of drug-likeness (QED) is 0.766. The van der Waals surface area contributed by atoms with E-state index in [0.29, 0.717) is 5.88 Å². The first-order valence-corrected chi connectivity index (χ1v) is 8.55. The number of nitrogens with one attached hydrogen (secondary N) is 1. The summed E-state index contributed by atoms with van der Waals surface area (Å²) in [5.74, 6) is 2.32. The average molecular weight is 361 g/mol. The minimum atomic E-state index is 0.0851. The fourth-order valence-electron chi connectivity index (χ4n) is 3.09. The van der Waals surface area contributed by atoms with Crippen molar-refractivity contribution in [3.63, 3.8) is 0 Å². The van der Waals surface area contributed by atoms with Crippen LogP contribution < -0.4 is 10.1 Å². The fourth-order valence-corrected chi connectivity index (χ4v) is 3.81. The molecule has 0 saturated heterocycles. The van der Waals surface area contributed by atoms with Crippen molar-refractivity contribution in [1.29, 1.82) is 0 Å². The molecule has 112 valence electrons. The van der Waals surface area contributed by atoms with Crippen molar-refractivity contribution < 1.29 is 4.74 Å². The van der Waals surface area contributed by atoms with Crippen molar-refractivity contribution in [2.24, 2.45) is 5.92 Å². The first-order valence-electron chi connectivity index (χ1n) is 7.22. The zero-order chi connectivity index (χ0) is 14.6. The molecular weight excluding hydrogens is 338 g/mol. The van der Waals surface area contributed by atoms with E-state index >= 15 is 0 Å². The molecule has 20 heavy (non-hydrogen) atoms. The van der Waals surface area contributed by atoms with Crippen LogP contribution in [0.5, 0.6) is 5.75 Å². The van der Waals surface area contributed by atoms with E-state index in [1.807, 2.05) is 12.1 Å². The number of methoxy groups -OCH3 is 1. The monoisotopic (exact) mass is 359 g/mol. The zero-order valence-corrected chi connectivity index (χ0v) is 14.6. The third-order valence-corrected chi connectivity index (χ3v) is 5.54. The van der Waals surface area contributed by atoms with Gasteiger partial charge >= 0.3 is 0 Å². The highest BCUT2D eigenvalue weighted by molar-refractivity contribution is 9.10. The Morgan fingerprint density at radius 1 is 1.50 bits per heavy atom. The van der Waals surface area contributed by atoms with Gasteiger partial charge in [0.05, 0.1) is 7.11 Å². The molecule has 0 radical (unpaired) electrons. The Bertz CT molecular complexity index is 454. The van der Waals surface area contributed by atoms with Gasteiger partial charge in [0.15, 0.2) is 0 Å². The first kappa shape index (κ1) is 16.1. The van der Waals surface area contributed by atoms with Crippen LogP contribution in [0.3, 0.4) is 0 Å². The van der Waals surface area contributed by atoms with Crippen molar-refractivity contribution >= 4 is 27.5 Å². The molecule has 1 fully saturated rings. The van der Waals surface area contributed by atoms with Crippen molar-refractivity contribution in [2.45, 2.75) is 44.7 Å². The molecule has 2 nitrogen and oxygen atoms in total. The summed E-state index contributed by atoms with van der Waals surface area (Å²) in [5, 5.41) is 3.71. The molecule has 0 amide bonds. The molecule has 2 rings (SSSR count). The maximum Gasteiger partial charge on any atom is 0.119 e. The molecule has 0 aromatic heterocycles. The molecule has 0 spiro atoms. The summed E-state index contributed by atoms with van der Waals surface area (Å²) in [4.78, 5) is 0. The minimum absolute atomic E-state index is 0.0851. The largest absolute Gasteiger partial charge is 0.497 e. The van der Waals surface area contributed by atoms with Crippen LogP contribution in [-0.2, 0) is 6.54 Å². The highest BCUT2D eigenvalue weighted by Gasteiger charge is 2.33. The van der Waals surface area contributed by atoms with Gasteiger partial charge in [0, 0.05) is 22.4 Å². The predicted octanol–water partition coefficient (Wildman–Crippen LogP) is 4.74. The molecule has 0 aliphatic heterocycles. The number of halogens is 2. The molecule has 4 heteroatoms. The van der Waals surface area contributed by atoms with Crippen LogP contribution in [0.1, 0.15) is 38.2 Å². The van der Waals surface area contributed by atoms with Gasteiger partial charge in [-0.1, -0.05) is 35.7 Å². The number of hydrogen-bond donors (Lipinski definition) is 1. The lowest BCUT2D eigenvalue weighted by atomic mass is 9.77. The van der Waals surface area contributed by atoms with Crippen molar-refractivity contribution in [2.75, 3.05) is 13.0 Å². The highest BCUT2D eigenvalue weighted by atomic mass is 79.9. The van der Waals surface area contributed by atoms with Gasteiger partial charge in [-0.3, -0.25) is 0 Å². The maximum atomic E-state index is 6.27. The first-order chi connectivity index (χ1) is 9.58. The van der Waals surface area contributed by atoms with Crippen LogP contribution in [0.4, 0.5) is 0 Å². The Morgan fingerprint density at radius 2 is 2.30 bits per heavy atom. The fraction of sp³-hybridized carbons (Fsp3) is 0.625. The molecule has 1 aromatic carbocycles. The number of benzene rings is 1. The smallest absolute Gasteiger partial charge is 0.119 e. The second-order valence-electron chi connectivity index (χ2n) is 5.93. The molecule has 1 aliphatic carbocycles. The minimum Gasteiger partial charge on any atom is -0.497 e. The molecule has 2 unspecified atom stereocenters. The lowest BCUT2D eigenvalue weighted by molar-refractivity contribution is 0.207. The lowest BCUT2D eigenvalue weighted by Crippen LogP contribution is -2.49. The Labute approximate surface area is 135 Å². The molecule has 1 saturated carbocycles. The highest BCUT2D eigenvalue weighted by Crippen LogP contribution is 2.34. The summed E-state index contributed by atoms with van der Waals surface area (Å²) in [7, 11) is 1.70. The summed E-state index contributed by atoms with van der Waals surface area (Å²) < 4.78 is 6.41. The van der Waals surface area contributed by atoms with E-state index in [-0.39, 0.29) is 5.54 Å². The molecule has 0 bridgehead atoms. The van der Waals surface area contributed by atoms with Crippen LogP contribution in [0, 0.1) is 5.92 Å². The van der Waals surface area contributed by atoms with Gasteiger partial charge in [-0.15, -0.1) is 11.6 Å². The van der Waals surface area contributed by atoms with E-state index in [9.17, 15) is 0 Å². The van der Waals surface area contributed by atoms with Crippen molar-refractivity contribution in [1.82, 2.24) is 5.32 Å². The summed E-state index contributed by atoms with van der Waals surface area (Å²) in [6.07, 6.45) is 4.92. The summed E-state index contributed by atoms with van der Waals surface area (Å²) in [5.41, 5.74) is 1.30. The molecule has 2 atom stereocenters. The van der Waals surface area contributed by atoms with E-state index < -0.39 is 0 Å². The predicted molar refractivity (Wildman–Crippen MR) is 88.6 cm³/mol. The van der Waals surface area contributed by atoms with Gasteiger partial charge in [0.1, 0.15) is 5.75 Å². The maximum absolute atomic E-state index is 6.27. The van der Waals surface area contributed by atoms with Gasteiger partial charge in [-0.2, -0.15) is 0 Å². The van der Waals surface area contributed by atoms with E-state index in [1.165, 1.54) is 24.8 Å². The van der Waals surface area contributed by atoms with Crippen LogP contribution in [0.25, 0.3) is 0 Å². The number of hydrogen-bond acceptors (Lipinski definition) is 2. The van der Waals surface area contributed by atoms with Gasteiger partial charge in [0.2, 0.25) is 0 Å². The molecule has 0 heterocycles. The summed E-state index contributed by atoms with van der Waals surface area (Å²) in [6.45, 7) is 3.14. The Kier molecular flexibility index (Phi) is 5.76. The second kappa shape index (κ2) is 7.15. The molecule has 1 aliphatic rings. The van der Waals surface area contributed by atoms with E-state index in [1.54, 1.807) is 7.11 Å². The lowest BCUT2D eigenvalue weighted by Gasteiger charge is -2.39. The topological polar surface area (TPSA) is 21.3 Å². The number of rotatable bonds is 5. The van der Waals surface area contributed by atoms with Crippen LogP contribution in [0.15, 0.2) is 22.7 Å². The summed E-state index contributed by atoms with van der Waals surface area (Å²) >= 11 is 9.88. The number of alkyl halides is 1. The van der Waals surface area contributed by atoms with Crippen LogP contribution in [-0.4, -0.2) is 18.5 Å². The van der Waals surface area contributed by atoms with Gasteiger partial charge in [-0.25, -0.2) is 0 Å². The van der Waals surface area contributed by atoms with Crippen LogP contribution in [0.2, 0.25) is 0 Å². The van der Waals surface area contributed by atoms with Crippen molar-refractivity contribution in [3.05, 3.63) is 28.2 Å². The Balaban J connectivity index is 2.06. The van der Waals surface area contributed by atoms with E-state index in [0.717, 1.165) is 29.1 Å². The van der Waals surface area contributed by atoms with Gasteiger partial charge < -0.3 is 10.1 Å². The SMILES string of the molecule is COc1ccc(Br)c(CNC2(CCl)CCCC(C)C2)c1. The zero-order valence-electron chi connectivity index (χ0n) is 12.2. The molecular formula is C16H23BrClNO. The number of ether oxygens (including phenoxy) is 1. The summed E-state index contributed by atoms with van der Waals surface area (Å²) in [6, 6.07) is 6.07. The van der Waals surface area contributed by atoms with Crippen LogP contribution >= 0.6 is 27.5 Å². The van der Waals surface area contributed by atoms with Gasteiger partial charge in [-0.05, 0) is 42.5 Å². The standard InChI is InChI=1S/C16H23BrClNO/c1-12-4-3-7-16(9-12,11-18)19-10-13-8-14(20-2)5-6-15(13)17/h5-6,8,12,19H,3-4,7,9-11H2,1-2H3. The normalized spacial score (nSPS) is 26.5. The molecule has 1 N–H and O–H groups in total. The molecule has 1 aromatic rings. The Hall–Kier alpha value is -0.250.